The molecule has 1 amide bonds. The van der Waals surface area contributed by atoms with E-state index in [4.69, 9.17) is 0 Å². The molecule has 64 valence electrons. The maximum atomic E-state index is 11.5. The Balaban J connectivity index is 2.76. The molecule has 3 heteroatoms. The van der Waals surface area contributed by atoms with Gasteiger partial charge in [-0.3, -0.25) is 4.79 Å². The van der Waals surface area contributed by atoms with E-state index in [-0.39, 0.29) is 10.9 Å². The highest BCUT2D eigenvalue weighted by Gasteiger charge is 2.34. The highest BCUT2D eigenvalue weighted by atomic mass is 28.1. The summed E-state index contributed by atoms with van der Waals surface area (Å²) in [5.41, 5.74) is 0. The Morgan fingerprint density at radius 2 is 2.36 bits per heavy atom. The van der Waals surface area contributed by atoms with Crippen LogP contribution in [-0.4, -0.2) is 22.7 Å². The third-order valence-electron chi connectivity index (χ3n) is 2.92. The summed E-state index contributed by atoms with van der Waals surface area (Å²) in [6.07, 6.45) is 2.34. The summed E-state index contributed by atoms with van der Waals surface area (Å²) in [5.74, 6) is 0.839. The van der Waals surface area contributed by atoms with Crippen LogP contribution in [0.2, 0.25) is 5.04 Å². The Morgan fingerprint density at radius 3 is 3.00 bits per heavy atom. The molecule has 1 heterocycles. The van der Waals surface area contributed by atoms with E-state index >= 15 is 0 Å². The fourth-order valence-corrected chi connectivity index (χ4v) is 1.89. The molecule has 1 rings (SSSR count). The van der Waals surface area contributed by atoms with Gasteiger partial charge in [-0.2, -0.15) is 0 Å². The van der Waals surface area contributed by atoms with E-state index in [1.54, 1.807) is 0 Å². The van der Waals surface area contributed by atoms with Crippen molar-refractivity contribution in [3.05, 3.63) is 0 Å². The van der Waals surface area contributed by atoms with Crippen LogP contribution in [-0.2, 0) is 4.79 Å². The molecule has 0 aromatic heterocycles. The van der Waals surface area contributed by atoms with Gasteiger partial charge >= 0.3 is 0 Å². The predicted octanol–water partition coefficient (Wildman–Crippen LogP) is 0.0765. The first kappa shape index (κ1) is 8.78. The lowest BCUT2D eigenvalue weighted by molar-refractivity contribution is -0.124. The molecule has 1 aliphatic heterocycles. The largest absolute Gasteiger partial charge is 0.356 e. The summed E-state index contributed by atoms with van der Waals surface area (Å²) in [5, 5.41) is 2.93. The van der Waals surface area contributed by atoms with Crippen LogP contribution in [0.1, 0.15) is 26.7 Å². The van der Waals surface area contributed by atoms with Gasteiger partial charge in [-0.25, -0.2) is 0 Å². The van der Waals surface area contributed by atoms with Crippen molar-refractivity contribution in [2.24, 2.45) is 5.92 Å². The van der Waals surface area contributed by atoms with E-state index in [2.05, 4.69) is 19.2 Å². The van der Waals surface area contributed by atoms with Gasteiger partial charge in [0, 0.05) is 21.8 Å². The smallest absolute Gasteiger partial charge is 0.222 e. The molecule has 1 fully saturated rings. The second-order valence-corrected chi connectivity index (χ2v) is 6.10. The monoisotopic (exact) mass is 171 g/mol. The molecule has 0 aromatic carbocycles. The van der Waals surface area contributed by atoms with E-state index in [0.717, 1.165) is 23.2 Å². The van der Waals surface area contributed by atoms with Gasteiger partial charge < -0.3 is 5.32 Å². The van der Waals surface area contributed by atoms with Crippen LogP contribution < -0.4 is 5.32 Å². The minimum atomic E-state index is -0.0312. The zero-order valence-electron chi connectivity index (χ0n) is 7.61. The van der Waals surface area contributed by atoms with Crippen molar-refractivity contribution in [3.8, 4) is 0 Å². The highest BCUT2D eigenvalue weighted by Crippen LogP contribution is 2.35. The van der Waals surface area contributed by atoms with Crippen LogP contribution in [0.25, 0.3) is 0 Å². The quantitative estimate of drug-likeness (QED) is 0.514. The first-order chi connectivity index (χ1) is 5.05. The number of rotatable bonds is 0. The van der Waals surface area contributed by atoms with Gasteiger partial charge in [-0.1, -0.05) is 13.8 Å². The Morgan fingerprint density at radius 1 is 1.73 bits per heavy atom. The molecule has 11 heavy (non-hydrogen) atoms. The topological polar surface area (TPSA) is 29.1 Å². The minimum Gasteiger partial charge on any atom is -0.356 e. The molecular formula is C8H17NOSi. The van der Waals surface area contributed by atoms with Crippen molar-refractivity contribution >= 4 is 16.1 Å². The highest BCUT2D eigenvalue weighted by molar-refractivity contribution is 6.28. The molecule has 1 aliphatic rings. The van der Waals surface area contributed by atoms with E-state index in [1.165, 1.54) is 6.42 Å². The maximum absolute atomic E-state index is 11.5. The third-order valence-corrected chi connectivity index (χ3v) is 4.36. The van der Waals surface area contributed by atoms with Crippen molar-refractivity contribution < 1.29 is 4.79 Å². The van der Waals surface area contributed by atoms with Crippen LogP contribution in [0, 0.1) is 5.92 Å². The van der Waals surface area contributed by atoms with Gasteiger partial charge in [0.25, 0.3) is 0 Å². The molecule has 2 nitrogen and oxygen atoms in total. The van der Waals surface area contributed by atoms with E-state index < -0.39 is 0 Å². The minimum absolute atomic E-state index is 0.0312. The van der Waals surface area contributed by atoms with Gasteiger partial charge in [-0.15, -0.1) is 0 Å². The number of carbonyl (C=O) groups excluding carboxylic acids is 1. The van der Waals surface area contributed by atoms with Crippen molar-refractivity contribution in [2.75, 3.05) is 6.54 Å². The fraction of sp³-hybridized carbons (Fsp3) is 0.875. The molecule has 0 radical (unpaired) electrons. The Labute approximate surface area is 71.2 Å². The SMILES string of the molecule is CC1CCCNC(=O)C1(C)[SiH3]. The number of carbonyl (C=O) groups is 1. The lowest BCUT2D eigenvalue weighted by atomic mass is 9.91. The van der Waals surface area contributed by atoms with Gasteiger partial charge in [0.2, 0.25) is 5.91 Å². The molecule has 0 saturated carbocycles. The van der Waals surface area contributed by atoms with Gasteiger partial charge in [0.1, 0.15) is 0 Å². The second-order valence-electron chi connectivity index (χ2n) is 4.02. The average molecular weight is 171 g/mol. The predicted molar refractivity (Wildman–Crippen MR) is 49.7 cm³/mol. The number of amides is 1. The Hall–Kier alpha value is -0.313. The number of hydrogen-bond acceptors (Lipinski definition) is 1. The summed E-state index contributed by atoms with van der Waals surface area (Å²) < 4.78 is 0. The standard InChI is InChI=1S/C8H17NOSi/c1-6-4-3-5-9-7(10)8(6,2)11/h6H,3-5H2,1-2,11H3,(H,9,10). The molecule has 2 unspecified atom stereocenters. The van der Waals surface area contributed by atoms with E-state index in [0.29, 0.717) is 5.92 Å². The first-order valence-corrected chi connectivity index (χ1v) is 5.33. The third kappa shape index (κ3) is 1.64. The number of hydrogen-bond donors (Lipinski definition) is 1. The van der Waals surface area contributed by atoms with E-state index in [9.17, 15) is 4.79 Å². The molecule has 0 spiro atoms. The van der Waals surface area contributed by atoms with Gasteiger partial charge in [0.15, 0.2) is 0 Å². The molecule has 2 atom stereocenters. The van der Waals surface area contributed by atoms with Crippen LogP contribution in [0.15, 0.2) is 0 Å². The van der Waals surface area contributed by atoms with Crippen molar-refractivity contribution in [2.45, 2.75) is 31.7 Å². The Bertz CT molecular complexity index is 167. The first-order valence-electron chi connectivity index (χ1n) is 4.33. The lowest BCUT2D eigenvalue weighted by Crippen LogP contribution is -2.35. The van der Waals surface area contributed by atoms with E-state index in [1.807, 2.05) is 0 Å². The average Bonchev–Trinajstić information content (AvgIpc) is 2.03. The zero-order valence-corrected chi connectivity index (χ0v) is 9.61. The van der Waals surface area contributed by atoms with Crippen LogP contribution >= 0.6 is 0 Å². The maximum Gasteiger partial charge on any atom is 0.222 e. The summed E-state index contributed by atoms with van der Waals surface area (Å²) in [6.45, 7) is 5.16. The van der Waals surface area contributed by atoms with Crippen molar-refractivity contribution in [1.82, 2.24) is 5.32 Å². The Kier molecular flexibility index (Phi) is 2.37. The molecule has 1 saturated heterocycles. The van der Waals surface area contributed by atoms with Crippen LogP contribution in [0.4, 0.5) is 0 Å². The van der Waals surface area contributed by atoms with Crippen LogP contribution in [0.3, 0.4) is 0 Å². The number of nitrogens with one attached hydrogen (secondary N) is 1. The van der Waals surface area contributed by atoms with Crippen molar-refractivity contribution in [1.29, 1.82) is 0 Å². The summed E-state index contributed by atoms with van der Waals surface area (Å²) in [7, 11) is 0.963. The fourth-order valence-electron chi connectivity index (χ4n) is 1.42. The van der Waals surface area contributed by atoms with Gasteiger partial charge in [0.05, 0.1) is 0 Å². The van der Waals surface area contributed by atoms with Crippen molar-refractivity contribution in [3.63, 3.8) is 0 Å². The molecular weight excluding hydrogens is 154 g/mol. The summed E-state index contributed by atoms with van der Waals surface area (Å²) >= 11 is 0. The lowest BCUT2D eigenvalue weighted by Gasteiger charge is -2.27. The molecule has 0 aliphatic carbocycles. The van der Waals surface area contributed by atoms with Gasteiger partial charge in [-0.05, 0) is 18.8 Å². The molecule has 0 aromatic rings. The zero-order chi connectivity index (χ0) is 8.48. The second kappa shape index (κ2) is 2.97. The summed E-state index contributed by atoms with van der Waals surface area (Å²) in [6, 6.07) is 0. The summed E-state index contributed by atoms with van der Waals surface area (Å²) in [4.78, 5) is 11.5. The van der Waals surface area contributed by atoms with Crippen LogP contribution in [0.5, 0.6) is 0 Å². The molecule has 0 bridgehead atoms. The molecule has 1 N–H and O–H groups in total. The normalized spacial score (nSPS) is 39.8.